The lowest BCUT2D eigenvalue weighted by Crippen LogP contribution is -2.36. The molecule has 3 aromatic heterocycles. The number of hydrogen-bond acceptors (Lipinski definition) is 11. The Morgan fingerprint density at radius 1 is 0.906 bits per heavy atom. The second-order valence-corrected chi connectivity index (χ2v) is 16.0. The largest absolute Gasteiger partial charge is 0.351 e. The molecule has 0 saturated heterocycles. The number of fused-ring (bicyclic) bond motifs is 4. The molecule has 282 valence electrons. The molecule has 14 nitrogen and oxygen atoms in total. The van der Waals surface area contributed by atoms with Gasteiger partial charge < -0.3 is 26.6 Å². The number of rotatable bonds is 6. The van der Waals surface area contributed by atoms with Gasteiger partial charge in [0, 0.05) is 42.9 Å². The molecule has 1 aliphatic heterocycles. The van der Waals surface area contributed by atoms with Crippen molar-refractivity contribution in [3.05, 3.63) is 79.9 Å². The summed E-state index contributed by atoms with van der Waals surface area (Å²) in [6, 6.07) is 9.25. The molecule has 0 unspecified atom stereocenters. The molecule has 2 aliphatic rings. The Labute approximate surface area is 317 Å². The highest BCUT2D eigenvalue weighted by Crippen LogP contribution is 2.28. The molecule has 0 radical (unpaired) electrons. The minimum Gasteiger partial charge on any atom is -0.351 e. The Bertz CT molecular complexity index is 1850. The van der Waals surface area contributed by atoms with Gasteiger partial charge in [-0.1, -0.05) is 49.4 Å². The molecule has 53 heavy (non-hydrogen) atoms. The van der Waals surface area contributed by atoms with Gasteiger partial charge >= 0.3 is 0 Å². The first kappa shape index (κ1) is 38.2. The Hall–Kier alpha value is -4.54. The fourth-order valence-corrected chi connectivity index (χ4v) is 8.45. The lowest BCUT2D eigenvalue weighted by molar-refractivity contribution is -0.122. The number of hydrogen-bond donors (Lipinski definition) is 4. The van der Waals surface area contributed by atoms with E-state index in [9.17, 15) is 19.2 Å². The molecule has 4 aromatic rings. The zero-order valence-corrected chi connectivity index (χ0v) is 31.8. The molecule has 5 N–H and O–H groups in total. The van der Waals surface area contributed by atoms with Crippen LogP contribution >= 0.6 is 22.7 Å². The van der Waals surface area contributed by atoms with Crippen LogP contribution in [-0.4, -0.2) is 79.2 Å². The van der Waals surface area contributed by atoms with E-state index >= 15 is 0 Å². The Kier molecular flexibility index (Phi) is 13.0. The number of carbonyl (C=O) groups excluding carboxylic acids is 4. The van der Waals surface area contributed by atoms with Crippen LogP contribution in [0.2, 0.25) is 0 Å². The van der Waals surface area contributed by atoms with E-state index in [1.165, 1.54) is 22.7 Å². The molecular formula is C37H48N10O4S2. The molecule has 4 heterocycles. The van der Waals surface area contributed by atoms with E-state index in [1.54, 1.807) is 26.5 Å². The molecule has 2 atom stereocenters. The molecule has 0 spiro atoms. The van der Waals surface area contributed by atoms with E-state index in [1.807, 2.05) is 30.3 Å². The maximum atomic E-state index is 13.8. The normalized spacial score (nSPS) is 22.4. The van der Waals surface area contributed by atoms with Gasteiger partial charge in [-0.3, -0.25) is 19.2 Å². The first-order valence-electron chi connectivity index (χ1n) is 18.4. The molecule has 4 amide bonds. The summed E-state index contributed by atoms with van der Waals surface area (Å²) < 4.78 is 1.77. The van der Waals surface area contributed by atoms with Crippen molar-refractivity contribution >= 4 is 46.3 Å². The van der Waals surface area contributed by atoms with Crippen LogP contribution in [0.3, 0.4) is 0 Å². The lowest BCUT2D eigenvalue weighted by Gasteiger charge is -2.25. The molecular weight excluding hydrogens is 713 g/mol. The van der Waals surface area contributed by atoms with E-state index < -0.39 is 6.04 Å². The van der Waals surface area contributed by atoms with Gasteiger partial charge in [-0.2, -0.15) is 0 Å². The van der Waals surface area contributed by atoms with Crippen LogP contribution in [0.4, 0.5) is 0 Å². The monoisotopic (exact) mass is 760 g/mol. The highest BCUT2D eigenvalue weighted by molar-refractivity contribution is 7.10. The van der Waals surface area contributed by atoms with Crippen LogP contribution in [0, 0.1) is 5.92 Å². The zero-order chi connectivity index (χ0) is 37.3. The molecule has 6 rings (SSSR count). The van der Waals surface area contributed by atoms with Crippen LogP contribution in [0.5, 0.6) is 0 Å². The van der Waals surface area contributed by atoms with Gasteiger partial charge in [-0.05, 0) is 62.8 Å². The summed E-state index contributed by atoms with van der Waals surface area (Å²) in [6.45, 7) is 5.12. The summed E-state index contributed by atoms with van der Waals surface area (Å²) in [5, 5.41) is 22.3. The second kappa shape index (κ2) is 18.0. The molecule has 1 aromatic carbocycles. The van der Waals surface area contributed by atoms with Crippen molar-refractivity contribution in [2.45, 2.75) is 95.8 Å². The maximum absolute atomic E-state index is 13.8. The van der Waals surface area contributed by atoms with Gasteiger partial charge in [0.05, 0.1) is 24.3 Å². The third-order valence-corrected chi connectivity index (χ3v) is 11.5. The lowest BCUT2D eigenvalue weighted by atomic mass is 9.92. The zero-order valence-electron chi connectivity index (χ0n) is 30.2. The quantitative estimate of drug-likeness (QED) is 0.218. The van der Waals surface area contributed by atoms with Crippen molar-refractivity contribution in [1.29, 1.82) is 0 Å². The van der Waals surface area contributed by atoms with Gasteiger partial charge in [0.15, 0.2) is 5.69 Å². The summed E-state index contributed by atoms with van der Waals surface area (Å²) in [5.74, 6) is -0.872. The van der Waals surface area contributed by atoms with Crippen LogP contribution in [-0.2, 0) is 11.2 Å². The number of carbonyl (C=O) groups is 4. The van der Waals surface area contributed by atoms with Crippen molar-refractivity contribution < 1.29 is 19.2 Å². The molecule has 1 saturated carbocycles. The number of thiazole rings is 2. The minimum absolute atomic E-state index is 0.155. The number of nitrogens with zero attached hydrogens (tertiary/aromatic N) is 6. The number of aromatic nitrogens is 5. The minimum atomic E-state index is -0.505. The smallest absolute Gasteiger partial charge is 0.276 e. The number of nitrogens with one attached hydrogen (secondary N) is 3. The molecule has 1 aliphatic carbocycles. The molecule has 4 bridgehead atoms. The maximum Gasteiger partial charge on any atom is 0.276 e. The van der Waals surface area contributed by atoms with Gasteiger partial charge in [0.2, 0.25) is 5.91 Å². The average Bonchev–Trinajstić information content (AvgIpc) is 3.94. The number of amides is 4. The Morgan fingerprint density at radius 3 is 2.30 bits per heavy atom. The third-order valence-electron chi connectivity index (χ3n) is 9.59. The summed E-state index contributed by atoms with van der Waals surface area (Å²) >= 11 is 2.64. The third kappa shape index (κ3) is 10.3. The topological polar surface area (TPSA) is 190 Å². The van der Waals surface area contributed by atoms with Crippen molar-refractivity contribution in [1.82, 2.24) is 45.8 Å². The Balaban J connectivity index is 1.22. The van der Waals surface area contributed by atoms with E-state index in [4.69, 9.17) is 5.73 Å². The average molecular weight is 761 g/mol. The summed E-state index contributed by atoms with van der Waals surface area (Å²) in [5.41, 5.74) is 7.85. The number of nitrogens with two attached hydrogens (primary N) is 1. The van der Waals surface area contributed by atoms with E-state index in [0.717, 1.165) is 31.2 Å². The molecule has 16 heteroatoms. The molecule has 1 fully saturated rings. The first-order valence-corrected chi connectivity index (χ1v) is 20.2. The first-order chi connectivity index (χ1) is 25.6. The Morgan fingerprint density at radius 2 is 1.58 bits per heavy atom. The van der Waals surface area contributed by atoms with Crippen molar-refractivity contribution in [3.8, 4) is 0 Å². The fraction of sp³-hybridized carbons (Fsp3) is 0.514. The van der Waals surface area contributed by atoms with Gasteiger partial charge in [0.25, 0.3) is 17.7 Å². The predicted octanol–water partition coefficient (Wildman–Crippen LogP) is 4.61. The van der Waals surface area contributed by atoms with Crippen molar-refractivity contribution in [2.24, 2.45) is 11.7 Å². The van der Waals surface area contributed by atoms with Crippen LogP contribution in [0.25, 0.3) is 0 Å². The fourth-order valence-electron chi connectivity index (χ4n) is 6.73. The summed E-state index contributed by atoms with van der Waals surface area (Å²) in [4.78, 5) is 64.9. The van der Waals surface area contributed by atoms with Crippen molar-refractivity contribution in [2.75, 3.05) is 19.6 Å². The van der Waals surface area contributed by atoms with Crippen LogP contribution in [0.15, 0.2) is 47.3 Å². The van der Waals surface area contributed by atoms with Crippen LogP contribution < -0.4 is 21.7 Å². The van der Waals surface area contributed by atoms with Gasteiger partial charge in [-0.15, -0.1) is 27.8 Å². The SMILES string of the molecule is CC(C)C[C@@H]1NC(=O)CCCN(C(=O)c2cn(C3CCC(N)CC3)nn2)CCCNC(=O)c2csc(n2)[C@H](Cc2ccccc2)NC(=O)c2csc1n2. The van der Waals surface area contributed by atoms with Crippen LogP contribution in [0.1, 0.15) is 130 Å². The highest BCUT2D eigenvalue weighted by Gasteiger charge is 2.27. The number of benzene rings is 1. The second-order valence-electron chi connectivity index (χ2n) is 14.3. The summed E-state index contributed by atoms with van der Waals surface area (Å²) in [7, 11) is 0. The predicted molar refractivity (Wildman–Crippen MR) is 203 cm³/mol. The summed E-state index contributed by atoms with van der Waals surface area (Å²) in [6.07, 6.45) is 7.49. The van der Waals surface area contributed by atoms with Gasteiger partial charge in [-0.25, -0.2) is 14.6 Å². The van der Waals surface area contributed by atoms with E-state index in [-0.39, 0.29) is 71.2 Å². The van der Waals surface area contributed by atoms with Crippen molar-refractivity contribution in [3.63, 3.8) is 0 Å². The standard InChI is InChI=1S/C37H48N10O4S2/c1-23(2)18-27-35-43-31(22-53-35)34(50)41-28(19-24-8-4-3-5-9-24)36-42-30(21-52-36)33(49)39-15-7-17-46(16-6-10-32(48)40-27)37(51)29-20-47(45-44-29)26-13-11-25(38)12-14-26/h3-5,8-9,20-23,25-28H,6-7,10-19,38H2,1-2H3,(H,39,49)(H,40,48)(H,41,50)/t25?,26?,27-,28-/m0/s1. The van der Waals surface area contributed by atoms with E-state index in [2.05, 4.69) is 50.1 Å². The van der Waals surface area contributed by atoms with Gasteiger partial charge in [0.1, 0.15) is 21.4 Å². The highest BCUT2D eigenvalue weighted by atomic mass is 32.1. The van der Waals surface area contributed by atoms with E-state index in [0.29, 0.717) is 55.3 Å².